The molecular formula is C18H28N2O. The number of nitrogens with one attached hydrogen (secondary N) is 1. The van der Waals surface area contributed by atoms with Gasteiger partial charge in [-0.25, -0.2) is 4.98 Å². The second-order valence-corrected chi connectivity index (χ2v) is 8.93. The van der Waals surface area contributed by atoms with Crippen molar-refractivity contribution in [1.29, 1.82) is 0 Å². The molecule has 4 aliphatic carbocycles. The Bertz CT molecular complexity index is 490. The fourth-order valence-electron chi connectivity index (χ4n) is 5.56. The van der Waals surface area contributed by atoms with Crippen LogP contribution < -0.4 is 5.32 Å². The van der Waals surface area contributed by atoms with Gasteiger partial charge in [-0.1, -0.05) is 0 Å². The molecule has 0 aliphatic heterocycles. The molecule has 4 fully saturated rings. The molecule has 5 rings (SSSR count). The van der Waals surface area contributed by atoms with Crippen LogP contribution >= 0.6 is 0 Å². The second-order valence-electron chi connectivity index (χ2n) is 8.93. The van der Waals surface area contributed by atoms with E-state index < -0.39 is 0 Å². The summed E-state index contributed by atoms with van der Waals surface area (Å²) in [7, 11) is 0. The molecule has 0 atom stereocenters. The van der Waals surface area contributed by atoms with Crippen LogP contribution in [0.15, 0.2) is 10.8 Å². The standard InChI is InChI=1S/C18H28N2O/c1-17(2,3)20-10-15-16(21-11-19-15)18-7-12-4-13(8-18)6-14(5-12)9-18/h11-14,20H,4-10H2,1-3H3. The average Bonchev–Trinajstić information content (AvgIpc) is 2.82. The lowest BCUT2D eigenvalue weighted by Crippen LogP contribution is -2.49. The lowest BCUT2D eigenvalue weighted by Gasteiger charge is -2.56. The van der Waals surface area contributed by atoms with Crippen molar-refractivity contribution in [3.05, 3.63) is 17.8 Å². The summed E-state index contributed by atoms with van der Waals surface area (Å²) in [5, 5.41) is 3.57. The molecule has 1 heterocycles. The number of hydrogen-bond donors (Lipinski definition) is 1. The molecule has 1 aromatic heterocycles. The maximum absolute atomic E-state index is 5.96. The molecule has 1 N–H and O–H groups in total. The zero-order chi connectivity index (χ0) is 14.7. The molecule has 0 spiro atoms. The van der Waals surface area contributed by atoms with Crippen molar-refractivity contribution < 1.29 is 4.42 Å². The highest BCUT2D eigenvalue weighted by Gasteiger charge is 2.53. The van der Waals surface area contributed by atoms with Gasteiger partial charge in [0.1, 0.15) is 5.76 Å². The molecule has 4 bridgehead atoms. The van der Waals surface area contributed by atoms with Crippen molar-refractivity contribution in [3.8, 4) is 0 Å². The highest BCUT2D eigenvalue weighted by molar-refractivity contribution is 5.24. The fraction of sp³-hybridized carbons (Fsp3) is 0.833. The summed E-state index contributed by atoms with van der Waals surface area (Å²) in [6.45, 7) is 7.45. The molecule has 116 valence electrons. The van der Waals surface area contributed by atoms with Crippen LogP contribution in [0.3, 0.4) is 0 Å². The predicted octanol–water partition coefficient (Wildman–Crippen LogP) is 4.03. The molecule has 0 unspecified atom stereocenters. The zero-order valence-corrected chi connectivity index (χ0v) is 13.6. The Balaban J connectivity index is 1.60. The SMILES string of the molecule is CC(C)(C)NCc1ncoc1C12CC3CC(CC(C3)C1)C2. The van der Waals surface area contributed by atoms with Gasteiger partial charge in [-0.2, -0.15) is 0 Å². The zero-order valence-electron chi connectivity index (χ0n) is 13.6. The summed E-state index contributed by atoms with van der Waals surface area (Å²) < 4.78 is 5.96. The number of rotatable bonds is 3. The topological polar surface area (TPSA) is 38.1 Å². The molecular weight excluding hydrogens is 260 g/mol. The Morgan fingerprint density at radius 1 is 1.14 bits per heavy atom. The van der Waals surface area contributed by atoms with Gasteiger partial charge in [0.25, 0.3) is 0 Å². The van der Waals surface area contributed by atoms with Crippen LogP contribution in [-0.4, -0.2) is 10.5 Å². The maximum Gasteiger partial charge on any atom is 0.181 e. The number of hydrogen-bond acceptors (Lipinski definition) is 3. The summed E-state index contributed by atoms with van der Waals surface area (Å²) in [5.74, 6) is 4.07. The van der Waals surface area contributed by atoms with Crippen LogP contribution in [0.4, 0.5) is 0 Å². The normalized spacial score (nSPS) is 38.1. The molecule has 0 amide bonds. The minimum Gasteiger partial charge on any atom is -0.448 e. The molecule has 0 radical (unpaired) electrons. The van der Waals surface area contributed by atoms with Crippen molar-refractivity contribution >= 4 is 0 Å². The summed E-state index contributed by atoms with van der Waals surface area (Å²) in [5.41, 5.74) is 1.60. The molecule has 0 saturated heterocycles. The minimum absolute atomic E-state index is 0.123. The van der Waals surface area contributed by atoms with Gasteiger partial charge in [0.05, 0.1) is 5.69 Å². The highest BCUT2D eigenvalue weighted by atomic mass is 16.3. The smallest absolute Gasteiger partial charge is 0.181 e. The third-order valence-electron chi connectivity index (χ3n) is 5.95. The molecule has 1 aromatic rings. The van der Waals surface area contributed by atoms with Crippen molar-refractivity contribution in [2.75, 3.05) is 0 Å². The Kier molecular flexibility index (Phi) is 3.01. The first-order valence-corrected chi connectivity index (χ1v) is 8.61. The molecule has 3 nitrogen and oxygen atoms in total. The van der Waals surface area contributed by atoms with E-state index in [1.165, 1.54) is 44.3 Å². The molecule has 0 aromatic carbocycles. The van der Waals surface area contributed by atoms with E-state index in [1.807, 2.05) is 0 Å². The van der Waals surface area contributed by atoms with E-state index in [0.29, 0.717) is 5.41 Å². The van der Waals surface area contributed by atoms with Crippen LogP contribution in [-0.2, 0) is 12.0 Å². The van der Waals surface area contributed by atoms with E-state index in [9.17, 15) is 0 Å². The first kappa shape index (κ1) is 13.8. The monoisotopic (exact) mass is 288 g/mol. The molecule has 3 heteroatoms. The number of aromatic nitrogens is 1. The molecule has 4 saturated carbocycles. The molecule has 21 heavy (non-hydrogen) atoms. The van der Waals surface area contributed by atoms with Gasteiger partial charge in [-0.15, -0.1) is 0 Å². The number of nitrogens with zero attached hydrogens (tertiary/aromatic N) is 1. The van der Waals surface area contributed by atoms with Crippen LogP contribution in [0, 0.1) is 17.8 Å². The van der Waals surface area contributed by atoms with Gasteiger partial charge < -0.3 is 9.73 Å². The molecule has 4 aliphatic rings. The lowest BCUT2D eigenvalue weighted by atomic mass is 9.49. The van der Waals surface area contributed by atoms with Gasteiger partial charge in [0, 0.05) is 17.5 Å². The Morgan fingerprint density at radius 2 is 1.71 bits per heavy atom. The third-order valence-corrected chi connectivity index (χ3v) is 5.95. The highest BCUT2D eigenvalue weighted by Crippen LogP contribution is 2.61. The van der Waals surface area contributed by atoms with E-state index in [4.69, 9.17) is 4.42 Å². The van der Waals surface area contributed by atoms with Crippen molar-refractivity contribution in [2.24, 2.45) is 17.8 Å². The summed E-state index contributed by atoms with van der Waals surface area (Å²) in [4.78, 5) is 4.55. The quantitative estimate of drug-likeness (QED) is 0.912. The van der Waals surface area contributed by atoms with E-state index in [-0.39, 0.29) is 5.54 Å². The van der Waals surface area contributed by atoms with Gasteiger partial charge in [-0.3, -0.25) is 0 Å². The number of oxazole rings is 1. The summed E-state index contributed by atoms with van der Waals surface area (Å²) in [6, 6.07) is 0. The first-order chi connectivity index (χ1) is 9.94. The van der Waals surface area contributed by atoms with Gasteiger partial charge in [0.2, 0.25) is 0 Å². The van der Waals surface area contributed by atoms with Crippen molar-refractivity contribution in [2.45, 2.75) is 76.8 Å². The van der Waals surface area contributed by atoms with E-state index in [2.05, 4.69) is 31.1 Å². The minimum atomic E-state index is 0.123. The van der Waals surface area contributed by atoms with Gasteiger partial charge in [-0.05, 0) is 77.0 Å². The Labute approximate surface area is 127 Å². The largest absolute Gasteiger partial charge is 0.448 e. The lowest BCUT2D eigenvalue weighted by molar-refractivity contribution is -0.0157. The second kappa shape index (κ2) is 4.58. The first-order valence-electron chi connectivity index (χ1n) is 8.61. The Morgan fingerprint density at radius 3 is 2.24 bits per heavy atom. The summed E-state index contributed by atoms with van der Waals surface area (Å²) >= 11 is 0. The van der Waals surface area contributed by atoms with E-state index >= 15 is 0 Å². The summed E-state index contributed by atoms with van der Waals surface area (Å²) in [6.07, 6.45) is 10.1. The van der Waals surface area contributed by atoms with Crippen LogP contribution in [0.1, 0.15) is 70.8 Å². The predicted molar refractivity (Wildman–Crippen MR) is 82.9 cm³/mol. The van der Waals surface area contributed by atoms with Crippen LogP contribution in [0.5, 0.6) is 0 Å². The van der Waals surface area contributed by atoms with Gasteiger partial charge >= 0.3 is 0 Å². The van der Waals surface area contributed by atoms with Crippen LogP contribution in [0.2, 0.25) is 0 Å². The van der Waals surface area contributed by atoms with Crippen LogP contribution in [0.25, 0.3) is 0 Å². The van der Waals surface area contributed by atoms with E-state index in [0.717, 1.165) is 30.0 Å². The third kappa shape index (κ3) is 2.44. The van der Waals surface area contributed by atoms with Crippen molar-refractivity contribution in [1.82, 2.24) is 10.3 Å². The average molecular weight is 288 g/mol. The fourth-order valence-corrected chi connectivity index (χ4v) is 5.56. The maximum atomic E-state index is 5.96. The van der Waals surface area contributed by atoms with Gasteiger partial charge in [0.15, 0.2) is 6.39 Å². The van der Waals surface area contributed by atoms with Crippen molar-refractivity contribution in [3.63, 3.8) is 0 Å². The Hall–Kier alpha value is -0.830. The van der Waals surface area contributed by atoms with E-state index in [1.54, 1.807) is 6.39 Å².